The van der Waals surface area contributed by atoms with Crippen LogP contribution in [0.2, 0.25) is 0 Å². The lowest BCUT2D eigenvalue weighted by molar-refractivity contribution is 0.0992. The van der Waals surface area contributed by atoms with Gasteiger partial charge in [0.1, 0.15) is 5.82 Å². The maximum Gasteiger partial charge on any atom is 0.167 e. The van der Waals surface area contributed by atoms with Crippen LogP contribution in [0.25, 0.3) is 0 Å². The lowest BCUT2D eigenvalue weighted by Crippen LogP contribution is -2.04. The Morgan fingerprint density at radius 1 is 1.20 bits per heavy atom. The van der Waals surface area contributed by atoms with Gasteiger partial charge in [-0.2, -0.15) is 0 Å². The summed E-state index contributed by atoms with van der Waals surface area (Å²) in [4.78, 5) is 12.0. The normalized spacial score (nSPS) is 10.4. The van der Waals surface area contributed by atoms with Gasteiger partial charge in [-0.25, -0.2) is 8.78 Å². The molecule has 0 bridgehead atoms. The van der Waals surface area contributed by atoms with E-state index >= 15 is 0 Å². The predicted octanol–water partition coefficient (Wildman–Crippen LogP) is 4.16. The highest BCUT2D eigenvalue weighted by Gasteiger charge is 2.11. The van der Waals surface area contributed by atoms with Crippen LogP contribution in [-0.2, 0) is 6.42 Å². The molecule has 104 valence electrons. The molecule has 0 aliphatic heterocycles. The minimum atomic E-state index is -0.529. The number of rotatable bonds is 4. The molecule has 0 heterocycles. The van der Waals surface area contributed by atoms with Crippen molar-refractivity contribution in [3.05, 3.63) is 63.6 Å². The van der Waals surface area contributed by atoms with Gasteiger partial charge >= 0.3 is 0 Å². The van der Waals surface area contributed by atoms with Gasteiger partial charge < -0.3 is 4.74 Å². The van der Waals surface area contributed by atoms with E-state index in [1.165, 1.54) is 31.4 Å². The molecule has 0 fully saturated rings. The van der Waals surface area contributed by atoms with Crippen LogP contribution in [0.4, 0.5) is 8.78 Å². The van der Waals surface area contributed by atoms with Gasteiger partial charge in [-0.05, 0) is 35.9 Å². The number of benzene rings is 2. The smallest absolute Gasteiger partial charge is 0.167 e. The average Bonchev–Trinajstić information content (AvgIpc) is 2.37. The lowest BCUT2D eigenvalue weighted by atomic mass is 10.0. The van der Waals surface area contributed by atoms with Crippen LogP contribution >= 0.6 is 15.9 Å². The van der Waals surface area contributed by atoms with Crippen molar-refractivity contribution in [2.45, 2.75) is 6.42 Å². The molecule has 0 radical (unpaired) electrons. The average molecular weight is 341 g/mol. The van der Waals surface area contributed by atoms with Gasteiger partial charge in [0.05, 0.1) is 7.11 Å². The Labute approximate surface area is 123 Å². The summed E-state index contributed by atoms with van der Waals surface area (Å²) in [7, 11) is 1.37. The molecular formula is C15H11BrF2O2. The molecule has 2 aromatic rings. The fourth-order valence-corrected chi connectivity index (χ4v) is 2.29. The van der Waals surface area contributed by atoms with Crippen LogP contribution in [0.5, 0.6) is 5.75 Å². The zero-order chi connectivity index (χ0) is 14.7. The van der Waals surface area contributed by atoms with Crippen molar-refractivity contribution in [1.82, 2.24) is 0 Å². The molecule has 0 unspecified atom stereocenters. The molecule has 0 aliphatic carbocycles. The van der Waals surface area contributed by atoms with Crippen molar-refractivity contribution >= 4 is 21.7 Å². The number of ketones is 1. The molecule has 2 aromatic carbocycles. The van der Waals surface area contributed by atoms with Crippen molar-refractivity contribution in [2.24, 2.45) is 0 Å². The van der Waals surface area contributed by atoms with Crippen LogP contribution < -0.4 is 4.74 Å². The number of hydrogen-bond acceptors (Lipinski definition) is 2. The highest BCUT2D eigenvalue weighted by atomic mass is 79.9. The van der Waals surface area contributed by atoms with E-state index in [0.717, 1.165) is 6.07 Å². The summed E-state index contributed by atoms with van der Waals surface area (Å²) in [6.45, 7) is 0. The SMILES string of the molecule is COc1ccc(CC(=O)c2cc(F)cc(Br)c2)cc1F. The van der Waals surface area contributed by atoms with Crippen molar-refractivity contribution in [1.29, 1.82) is 0 Å². The van der Waals surface area contributed by atoms with E-state index in [4.69, 9.17) is 4.74 Å². The monoisotopic (exact) mass is 340 g/mol. The molecule has 0 saturated carbocycles. The van der Waals surface area contributed by atoms with Crippen molar-refractivity contribution < 1.29 is 18.3 Å². The first-order valence-electron chi connectivity index (χ1n) is 5.81. The molecule has 0 aliphatic rings. The van der Waals surface area contributed by atoms with Gasteiger partial charge in [0.25, 0.3) is 0 Å². The first-order chi connectivity index (χ1) is 9.49. The number of halogens is 3. The first-order valence-corrected chi connectivity index (χ1v) is 6.60. The van der Waals surface area contributed by atoms with E-state index < -0.39 is 11.6 Å². The highest BCUT2D eigenvalue weighted by molar-refractivity contribution is 9.10. The van der Waals surface area contributed by atoms with E-state index in [1.54, 1.807) is 6.07 Å². The first kappa shape index (κ1) is 14.7. The maximum atomic E-state index is 13.5. The minimum absolute atomic E-state index is 0.00317. The summed E-state index contributed by atoms with van der Waals surface area (Å²) in [6.07, 6.45) is -0.00317. The molecule has 0 spiro atoms. The second kappa shape index (κ2) is 6.13. The van der Waals surface area contributed by atoms with E-state index in [9.17, 15) is 13.6 Å². The van der Waals surface area contributed by atoms with Gasteiger partial charge in [-0.15, -0.1) is 0 Å². The molecule has 0 saturated heterocycles. The van der Waals surface area contributed by atoms with Gasteiger partial charge in [-0.3, -0.25) is 4.79 Å². The van der Waals surface area contributed by atoms with Crippen molar-refractivity contribution in [3.63, 3.8) is 0 Å². The van der Waals surface area contributed by atoms with Gasteiger partial charge in [0, 0.05) is 16.5 Å². The molecule has 2 rings (SSSR count). The molecule has 2 nitrogen and oxygen atoms in total. The Bertz CT molecular complexity index is 636. The van der Waals surface area contributed by atoms with Gasteiger partial charge in [-0.1, -0.05) is 22.0 Å². The third kappa shape index (κ3) is 3.42. The predicted molar refractivity (Wildman–Crippen MR) is 75.1 cm³/mol. The van der Waals surface area contributed by atoms with E-state index in [2.05, 4.69) is 15.9 Å². The highest BCUT2D eigenvalue weighted by Crippen LogP contribution is 2.20. The van der Waals surface area contributed by atoms with Crippen LogP contribution in [-0.4, -0.2) is 12.9 Å². The van der Waals surface area contributed by atoms with Crippen molar-refractivity contribution in [3.8, 4) is 5.75 Å². The number of methoxy groups -OCH3 is 1. The van der Waals surface area contributed by atoms with Crippen LogP contribution in [0.3, 0.4) is 0 Å². The van der Waals surface area contributed by atoms with Gasteiger partial charge in [0.2, 0.25) is 0 Å². The zero-order valence-corrected chi connectivity index (χ0v) is 12.2. The van der Waals surface area contributed by atoms with Gasteiger partial charge in [0.15, 0.2) is 17.3 Å². The summed E-state index contributed by atoms with van der Waals surface area (Å²) in [6, 6.07) is 8.26. The molecule has 0 atom stereocenters. The molecule has 0 N–H and O–H groups in total. The second-order valence-electron chi connectivity index (χ2n) is 4.23. The van der Waals surface area contributed by atoms with Crippen LogP contribution in [0.1, 0.15) is 15.9 Å². The number of hydrogen-bond donors (Lipinski definition) is 0. The summed E-state index contributed by atoms with van der Waals surface area (Å²) in [5.41, 5.74) is 0.752. The Morgan fingerprint density at radius 3 is 2.55 bits per heavy atom. The largest absolute Gasteiger partial charge is 0.494 e. The Kier molecular flexibility index (Phi) is 4.49. The fraction of sp³-hybridized carbons (Fsp3) is 0.133. The summed E-state index contributed by atoms with van der Waals surface area (Å²) < 4.78 is 32.1. The Hall–Kier alpha value is -1.75. The quantitative estimate of drug-likeness (QED) is 0.781. The minimum Gasteiger partial charge on any atom is -0.494 e. The summed E-state index contributed by atoms with van der Waals surface area (Å²) in [5.74, 6) is -1.19. The zero-order valence-electron chi connectivity index (χ0n) is 10.6. The number of Topliss-reactive ketones (excluding diaryl/α,β-unsaturated/α-hetero) is 1. The number of ether oxygens (including phenoxy) is 1. The molecular weight excluding hydrogens is 330 g/mol. The Morgan fingerprint density at radius 2 is 1.95 bits per heavy atom. The van der Waals surface area contributed by atoms with E-state index in [0.29, 0.717) is 10.0 Å². The number of carbonyl (C=O) groups is 1. The maximum absolute atomic E-state index is 13.5. The third-order valence-corrected chi connectivity index (χ3v) is 3.22. The fourth-order valence-electron chi connectivity index (χ4n) is 1.82. The van der Waals surface area contributed by atoms with Crippen molar-refractivity contribution in [2.75, 3.05) is 7.11 Å². The third-order valence-electron chi connectivity index (χ3n) is 2.77. The molecule has 0 amide bonds. The molecule has 5 heteroatoms. The molecule has 20 heavy (non-hydrogen) atoms. The standard InChI is InChI=1S/C15H11BrF2O2/c1-20-15-3-2-9(4-13(15)18)5-14(19)10-6-11(16)8-12(17)7-10/h2-4,6-8H,5H2,1H3. The number of carbonyl (C=O) groups excluding carboxylic acids is 1. The van der Waals surface area contributed by atoms with E-state index in [-0.39, 0.29) is 23.5 Å². The second-order valence-corrected chi connectivity index (χ2v) is 5.14. The van der Waals surface area contributed by atoms with E-state index in [1.807, 2.05) is 0 Å². The summed E-state index contributed by atoms with van der Waals surface area (Å²) in [5, 5.41) is 0. The molecule has 0 aromatic heterocycles. The van der Waals surface area contributed by atoms with Crippen LogP contribution in [0, 0.1) is 11.6 Å². The Balaban J connectivity index is 2.21. The lowest BCUT2D eigenvalue weighted by Gasteiger charge is -2.05. The topological polar surface area (TPSA) is 26.3 Å². The summed E-state index contributed by atoms with van der Waals surface area (Å²) >= 11 is 3.13. The van der Waals surface area contributed by atoms with Crippen LogP contribution in [0.15, 0.2) is 40.9 Å².